The van der Waals surface area contributed by atoms with Crippen LogP contribution in [0.15, 0.2) is 194 Å². The number of nitrogens with one attached hydrogen (secondary N) is 1. The van der Waals surface area contributed by atoms with Crippen molar-refractivity contribution in [3.63, 3.8) is 0 Å². The molecule has 10 rings (SSSR count). The second-order valence-electron chi connectivity index (χ2n) is 14.5. The number of benzene rings is 8. The molecule has 9 aromatic rings. The van der Waals surface area contributed by atoms with Gasteiger partial charge in [-0.15, -0.1) is 0 Å². The van der Waals surface area contributed by atoms with Crippen LogP contribution in [0.5, 0.6) is 0 Å². The molecule has 2 heteroatoms. The molecule has 8 aromatic carbocycles. The Labute approximate surface area is 310 Å². The minimum atomic E-state index is -0.149. The zero-order valence-corrected chi connectivity index (χ0v) is 29.6. The first-order valence-corrected chi connectivity index (χ1v) is 18.5. The first-order chi connectivity index (χ1) is 26.1. The standard InChI is InChI=1S/C51H38N2/c1-51(34-35-20-22-37(23-21-35)36-12-4-2-5-13-36)47-18-10-8-16-43(47)44-30-29-41(33-48(44)51)52-40-27-24-38(25-28-40)39-26-31-50-46(32-39)45-17-9-11-19-49(45)53(50)42-14-6-3-7-15-42/h2-33,52H,34H2,1H3. The average molecular weight is 679 g/mol. The molecule has 1 atom stereocenters. The Morgan fingerprint density at radius 1 is 0.434 bits per heavy atom. The van der Waals surface area contributed by atoms with Crippen LogP contribution in [-0.2, 0) is 11.8 Å². The number of rotatable bonds is 7. The summed E-state index contributed by atoms with van der Waals surface area (Å²) in [6, 6.07) is 70.6. The van der Waals surface area contributed by atoms with Gasteiger partial charge in [-0.1, -0.05) is 146 Å². The Bertz CT molecular complexity index is 2760. The molecular weight excluding hydrogens is 641 g/mol. The maximum absolute atomic E-state index is 3.74. The zero-order chi connectivity index (χ0) is 35.4. The number of hydrogen-bond donors (Lipinski definition) is 1. The van der Waals surface area contributed by atoms with Crippen molar-refractivity contribution in [1.82, 2.24) is 4.57 Å². The van der Waals surface area contributed by atoms with Gasteiger partial charge in [0.2, 0.25) is 0 Å². The molecule has 1 aromatic heterocycles. The smallest absolute Gasteiger partial charge is 0.0541 e. The highest BCUT2D eigenvalue weighted by Gasteiger charge is 2.39. The van der Waals surface area contributed by atoms with Crippen LogP contribution in [0.3, 0.4) is 0 Å². The molecule has 53 heavy (non-hydrogen) atoms. The average Bonchev–Trinajstić information content (AvgIpc) is 3.68. The van der Waals surface area contributed by atoms with Crippen molar-refractivity contribution >= 4 is 33.2 Å². The van der Waals surface area contributed by atoms with Gasteiger partial charge in [0.25, 0.3) is 0 Å². The van der Waals surface area contributed by atoms with E-state index in [4.69, 9.17) is 0 Å². The van der Waals surface area contributed by atoms with Crippen LogP contribution in [0.2, 0.25) is 0 Å². The summed E-state index contributed by atoms with van der Waals surface area (Å²) in [4.78, 5) is 0. The van der Waals surface area contributed by atoms with Gasteiger partial charge < -0.3 is 9.88 Å². The highest BCUT2D eigenvalue weighted by molar-refractivity contribution is 6.10. The molecule has 0 bridgehead atoms. The molecule has 252 valence electrons. The largest absolute Gasteiger partial charge is 0.356 e. The Morgan fingerprint density at radius 2 is 1.02 bits per heavy atom. The van der Waals surface area contributed by atoms with E-state index in [1.54, 1.807) is 0 Å². The SMILES string of the molecule is CC1(Cc2ccc(-c3ccccc3)cc2)c2ccccc2-c2ccc(Nc3ccc(-c4ccc5c(c4)c4ccccc4n5-c4ccccc4)cc3)cc21. The topological polar surface area (TPSA) is 17.0 Å². The summed E-state index contributed by atoms with van der Waals surface area (Å²) in [6.45, 7) is 2.41. The summed E-state index contributed by atoms with van der Waals surface area (Å²) in [6.07, 6.45) is 0.929. The van der Waals surface area contributed by atoms with Crippen LogP contribution < -0.4 is 5.32 Å². The predicted octanol–water partition coefficient (Wildman–Crippen LogP) is 13.4. The fourth-order valence-electron chi connectivity index (χ4n) is 8.62. The second kappa shape index (κ2) is 12.5. The van der Waals surface area contributed by atoms with Crippen molar-refractivity contribution in [1.29, 1.82) is 0 Å². The van der Waals surface area contributed by atoms with Gasteiger partial charge in [-0.3, -0.25) is 0 Å². The Hall–Kier alpha value is -6.64. The Kier molecular flexibility index (Phi) is 7.37. The molecule has 1 N–H and O–H groups in total. The van der Waals surface area contributed by atoms with Crippen molar-refractivity contribution in [3.8, 4) is 39.1 Å². The summed E-state index contributed by atoms with van der Waals surface area (Å²) in [7, 11) is 0. The molecular formula is C51H38N2. The van der Waals surface area contributed by atoms with E-state index in [0.29, 0.717) is 0 Å². The van der Waals surface area contributed by atoms with E-state index in [0.717, 1.165) is 17.8 Å². The van der Waals surface area contributed by atoms with Gasteiger partial charge in [0.15, 0.2) is 0 Å². The van der Waals surface area contributed by atoms with Crippen molar-refractivity contribution in [2.24, 2.45) is 0 Å². The van der Waals surface area contributed by atoms with Crippen LogP contribution in [0.4, 0.5) is 11.4 Å². The molecule has 0 radical (unpaired) electrons. The van der Waals surface area contributed by atoms with E-state index >= 15 is 0 Å². The summed E-state index contributed by atoms with van der Waals surface area (Å²) in [5, 5.41) is 6.27. The van der Waals surface area contributed by atoms with Gasteiger partial charge >= 0.3 is 0 Å². The van der Waals surface area contributed by atoms with Crippen LogP contribution in [-0.4, -0.2) is 4.57 Å². The molecule has 2 nitrogen and oxygen atoms in total. The predicted molar refractivity (Wildman–Crippen MR) is 223 cm³/mol. The second-order valence-corrected chi connectivity index (χ2v) is 14.5. The van der Waals surface area contributed by atoms with E-state index in [9.17, 15) is 0 Å². The maximum atomic E-state index is 3.74. The fourth-order valence-corrected chi connectivity index (χ4v) is 8.62. The van der Waals surface area contributed by atoms with Crippen molar-refractivity contribution in [3.05, 3.63) is 211 Å². The third-order valence-electron chi connectivity index (χ3n) is 11.2. The van der Waals surface area contributed by atoms with Gasteiger partial charge in [-0.25, -0.2) is 0 Å². The molecule has 0 saturated heterocycles. The van der Waals surface area contributed by atoms with E-state index in [1.165, 1.54) is 77.6 Å². The van der Waals surface area contributed by atoms with Gasteiger partial charge in [0.05, 0.1) is 11.0 Å². The van der Waals surface area contributed by atoms with Crippen LogP contribution in [0.25, 0.3) is 60.9 Å². The first-order valence-electron chi connectivity index (χ1n) is 18.5. The highest BCUT2D eigenvalue weighted by Crippen LogP contribution is 2.51. The van der Waals surface area contributed by atoms with Crippen LogP contribution in [0, 0.1) is 0 Å². The van der Waals surface area contributed by atoms with E-state index in [-0.39, 0.29) is 5.41 Å². The maximum Gasteiger partial charge on any atom is 0.0541 e. The summed E-state index contributed by atoms with van der Waals surface area (Å²) < 4.78 is 2.36. The Balaban J connectivity index is 0.942. The monoisotopic (exact) mass is 678 g/mol. The third kappa shape index (κ3) is 5.34. The third-order valence-corrected chi connectivity index (χ3v) is 11.2. The molecule has 0 spiro atoms. The quantitative estimate of drug-likeness (QED) is 0.178. The summed E-state index contributed by atoms with van der Waals surface area (Å²) >= 11 is 0. The number of aromatic nitrogens is 1. The van der Waals surface area contributed by atoms with Crippen molar-refractivity contribution < 1.29 is 0 Å². The normalized spacial score (nSPS) is 14.7. The lowest BCUT2D eigenvalue weighted by molar-refractivity contribution is 0.583. The number of nitrogens with zero attached hydrogens (tertiary/aromatic N) is 1. The van der Waals surface area contributed by atoms with Gasteiger partial charge in [0, 0.05) is 33.2 Å². The van der Waals surface area contributed by atoms with Crippen LogP contribution in [0.1, 0.15) is 23.6 Å². The molecule has 0 aliphatic heterocycles. The first kappa shape index (κ1) is 31.1. The Morgan fingerprint density at radius 3 is 1.83 bits per heavy atom. The van der Waals surface area contributed by atoms with E-state index in [1.807, 2.05) is 0 Å². The van der Waals surface area contributed by atoms with Gasteiger partial charge in [-0.2, -0.15) is 0 Å². The summed E-state index contributed by atoms with van der Waals surface area (Å²) in [5.41, 5.74) is 17.3. The summed E-state index contributed by atoms with van der Waals surface area (Å²) in [5.74, 6) is 0. The van der Waals surface area contributed by atoms with Crippen LogP contribution >= 0.6 is 0 Å². The van der Waals surface area contributed by atoms with Gasteiger partial charge in [-0.05, 0) is 111 Å². The molecule has 1 aliphatic carbocycles. The fraction of sp³-hybridized carbons (Fsp3) is 0.0588. The number of anilines is 2. The number of fused-ring (bicyclic) bond motifs is 6. The molecule has 1 unspecified atom stereocenters. The molecule has 0 saturated carbocycles. The molecule has 1 heterocycles. The minimum absolute atomic E-state index is 0.149. The van der Waals surface area contributed by atoms with E-state index in [2.05, 4.69) is 211 Å². The molecule has 0 fully saturated rings. The molecule has 0 amide bonds. The van der Waals surface area contributed by atoms with E-state index < -0.39 is 0 Å². The number of para-hydroxylation sites is 2. The minimum Gasteiger partial charge on any atom is -0.356 e. The lowest BCUT2D eigenvalue weighted by Crippen LogP contribution is -2.24. The van der Waals surface area contributed by atoms with Crippen molar-refractivity contribution in [2.45, 2.75) is 18.8 Å². The lowest BCUT2D eigenvalue weighted by Gasteiger charge is -2.28. The molecule has 1 aliphatic rings. The number of hydrogen-bond acceptors (Lipinski definition) is 1. The highest BCUT2D eigenvalue weighted by atomic mass is 15.0. The van der Waals surface area contributed by atoms with Crippen molar-refractivity contribution in [2.75, 3.05) is 5.32 Å². The zero-order valence-electron chi connectivity index (χ0n) is 29.6. The van der Waals surface area contributed by atoms with Gasteiger partial charge in [0.1, 0.15) is 0 Å². The lowest BCUT2D eigenvalue weighted by atomic mass is 9.75.